The molecule has 0 saturated heterocycles. The average Bonchev–Trinajstić information content (AvgIpc) is 2.46. The molecule has 0 aromatic heterocycles. The fourth-order valence-corrected chi connectivity index (χ4v) is 3.15. The molecule has 2 rings (SSSR count). The highest BCUT2D eigenvalue weighted by molar-refractivity contribution is 6.36. The van der Waals surface area contributed by atoms with Crippen molar-refractivity contribution in [3.8, 4) is 11.5 Å². The lowest BCUT2D eigenvalue weighted by atomic mass is 9.87. The zero-order valence-corrected chi connectivity index (χ0v) is 16.6. The number of rotatable bonds is 4. The third-order valence-corrected chi connectivity index (χ3v) is 4.86. The van der Waals surface area contributed by atoms with Crippen LogP contribution in [0.15, 0.2) is 48.5 Å². The van der Waals surface area contributed by atoms with Crippen molar-refractivity contribution < 1.29 is 11.7 Å². The Morgan fingerprint density at radius 2 is 0.917 bits per heavy atom. The van der Waals surface area contributed by atoms with E-state index in [-0.39, 0.29) is 10.8 Å². The average molecular weight is 342 g/mol. The topological polar surface area (TPSA) is 38.7 Å². The molecule has 2 aromatic carbocycles. The Balaban J connectivity index is 1.97. The second-order valence-electron chi connectivity index (χ2n) is 8.09. The van der Waals surface area contributed by atoms with E-state index in [2.05, 4.69) is 41.5 Å². The van der Waals surface area contributed by atoms with Gasteiger partial charge in [-0.25, -0.2) is 0 Å². The van der Waals surface area contributed by atoms with Crippen LogP contribution in [0.3, 0.4) is 0 Å². The highest BCUT2D eigenvalue weighted by Gasteiger charge is 2.34. The van der Waals surface area contributed by atoms with Gasteiger partial charge in [-0.3, -0.25) is 0 Å². The summed E-state index contributed by atoms with van der Waals surface area (Å²) in [5, 5.41) is 0. The predicted octanol–water partition coefficient (Wildman–Crippen LogP) is 4.72. The van der Waals surface area contributed by atoms with Gasteiger partial charge in [0.1, 0.15) is 0 Å². The molecule has 0 saturated carbocycles. The molecular formula is C20H27AlO3. The molecule has 2 aromatic rings. The van der Waals surface area contributed by atoms with Crippen molar-refractivity contribution in [3.05, 3.63) is 59.7 Å². The molecular weight excluding hydrogens is 315 g/mol. The summed E-state index contributed by atoms with van der Waals surface area (Å²) in [4.78, 5) is 0. The van der Waals surface area contributed by atoms with E-state index in [1.54, 1.807) is 0 Å². The summed E-state index contributed by atoms with van der Waals surface area (Å²) >= 11 is -2.77. The number of hydrogen-bond acceptors (Lipinski definition) is 3. The van der Waals surface area contributed by atoms with E-state index in [1.165, 1.54) is 11.1 Å². The van der Waals surface area contributed by atoms with E-state index in [0.29, 0.717) is 11.5 Å². The summed E-state index contributed by atoms with van der Waals surface area (Å²) in [5.74, 6) is 1.27. The molecule has 0 radical (unpaired) electrons. The van der Waals surface area contributed by atoms with Gasteiger partial charge in [0.25, 0.3) is 0 Å². The zero-order chi connectivity index (χ0) is 18.0. The first-order chi connectivity index (χ1) is 11.1. The van der Waals surface area contributed by atoms with E-state index in [9.17, 15) is 4.16 Å². The van der Waals surface area contributed by atoms with Crippen LogP contribution in [0.2, 0.25) is 0 Å². The molecule has 0 atom stereocenters. The van der Waals surface area contributed by atoms with Crippen LogP contribution in [0.5, 0.6) is 11.5 Å². The Labute approximate surface area is 150 Å². The minimum absolute atomic E-state index is 0.0971. The largest absolute Gasteiger partial charge is 1.10 e. The molecule has 0 fully saturated rings. The maximum Gasteiger partial charge on any atom is 1.10 e. The van der Waals surface area contributed by atoms with Crippen molar-refractivity contribution in [3.63, 3.8) is 0 Å². The van der Waals surface area contributed by atoms with Gasteiger partial charge in [0.15, 0.2) is 0 Å². The summed E-state index contributed by atoms with van der Waals surface area (Å²) in [6.45, 7) is 13.0. The molecule has 0 unspecified atom stereocenters. The van der Waals surface area contributed by atoms with Crippen LogP contribution in [0, 0.1) is 0 Å². The minimum atomic E-state index is -2.77. The van der Waals surface area contributed by atoms with E-state index in [4.69, 9.17) is 7.58 Å². The van der Waals surface area contributed by atoms with Gasteiger partial charge in [-0.1, -0.05) is 65.8 Å². The molecule has 1 N–H and O–H groups in total. The van der Waals surface area contributed by atoms with Crippen LogP contribution in [0.25, 0.3) is 0 Å². The molecule has 4 heteroatoms. The normalized spacial score (nSPS) is 12.0. The Bertz CT molecular complexity index is 590. The predicted molar refractivity (Wildman–Crippen MR) is 99.5 cm³/mol. The highest BCUT2D eigenvalue weighted by Crippen LogP contribution is 2.26. The number of benzene rings is 2. The fourth-order valence-electron chi connectivity index (χ4n) is 2.32. The van der Waals surface area contributed by atoms with Crippen molar-refractivity contribution in [1.82, 2.24) is 0 Å². The lowest BCUT2D eigenvalue weighted by molar-refractivity contribution is 0.297. The molecule has 0 bridgehead atoms. The Morgan fingerprint density at radius 1 is 0.625 bits per heavy atom. The standard InChI is InChI=1S/2C10H14O.Al.H2O/c2*1-10(2,3)8-4-6-9(11)7-5-8;;/h2*4-7,11H,1-3H3;;1H2/q;;+3;/p-3. The molecule has 0 spiro atoms. The van der Waals surface area contributed by atoms with Gasteiger partial charge in [-0.05, 0) is 46.2 Å². The lowest BCUT2D eigenvalue weighted by Crippen LogP contribution is -2.29. The van der Waals surface area contributed by atoms with E-state index in [0.717, 1.165) is 0 Å². The molecule has 24 heavy (non-hydrogen) atoms. The van der Waals surface area contributed by atoms with E-state index < -0.39 is 15.1 Å². The van der Waals surface area contributed by atoms with Crippen molar-refractivity contribution in [1.29, 1.82) is 0 Å². The lowest BCUT2D eigenvalue weighted by Gasteiger charge is -2.20. The first kappa shape index (κ1) is 18.9. The summed E-state index contributed by atoms with van der Waals surface area (Å²) in [5.41, 5.74) is 2.65. The van der Waals surface area contributed by atoms with Crippen LogP contribution in [-0.4, -0.2) is 19.3 Å². The maximum absolute atomic E-state index is 10.1. The maximum atomic E-state index is 10.1. The molecule has 0 aliphatic carbocycles. The zero-order valence-electron chi connectivity index (χ0n) is 15.5. The van der Waals surface area contributed by atoms with Crippen molar-refractivity contribution >= 4 is 15.1 Å². The smallest absolute Gasteiger partial charge is 0.588 e. The molecule has 128 valence electrons. The highest BCUT2D eigenvalue weighted by atomic mass is 27.2. The summed E-state index contributed by atoms with van der Waals surface area (Å²) in [6.07, 6.45) is 0. The van der Waals surface area contributed by atoms with E-state index >= 15 is 0 Å². The quantitative estimate of drug-likeness (QED) is 0.817. The fraction of sp³-hybridized carbons (Fsp3) is 0.400. The van der Waals surface area contributed by atoms with Crippen molar-refractivity contribution in [2.45, 2.75) is 52.4 Å². The Hall–Kier alpha value is -1.47. The van der Waals surface area contributed by atoms with Crippen LogP contribution in [0.1, 0.15) is 52.7 Å². The van der Waals surface area contributed by atoms with Gasteiger partial charge in [-0.2, -0.15) is 0 Å². The first-order valence-corrected chi connectivity index (χ1v) is 9.74. The SMILES string of the molecule is CC(C)(C)c1ccc([O][Al]([OH])[O]c2ccc(C(C)(C)C)cc2)cc1. The van der Waals surface area contributed by atoms with Crippen LogP contribution in [-0.2, 0) is 10.8 Å². The Kier molecular flexibility index (Phi) is 5.65. The van der Waals surface area contributed by atoms with Gasteiger partial charge >= 0.3 is 15.1 Å². The third kappa shape index (κ3) is 5.28. The van der Waals surface area contributed by atoms with Gasteiger partial charge in [0.2, 0.25) is 0 Å². The first-order valence-electron chi connectivity index (χ1n) is 8.28. The van der Waals surface area contributed by atoms with E-state index in [1.807, 2.05) is 48.5 Å². The second kappa shape index (κ2) is 7.19. The van der Waals surface area contributed by atoms with Crippen LogP contribution >= 0.6 is 0 Å². The minimum Gasteiger partial charge on any atom is -0.588 e. The second-order valence-corrected chi connectivity index (χ2v) is 9.18. The van der Waals surface area contributed by atoms with Crippen LogP contribution in [0.4, 0.5) is 0 Å². The van der Waals surface area contributed by atoms with Crippen LogP contribution < -0.4 is 7.58 Å². The molecule has 0 aliphatic rings. The summed E-state index contributed by atoms with van der Waals surface area (Å²) < 4.78 is 21.2. The van der Waals surface area contributed by atoms with Crippen molar-refractivity contribution in [2.75, 3.05) is 0 Å². The molecule has 0 amide bonds. The monoisotopic (exact) mass is 342 g/mol. The van der Waals surface area contributed by atoms with Gasteiger partial charge < -0.3 is 11.7 Å². The van der Waals surface area contributed by atoms with Gasteiger partial charge in [0.05, 0.1) is 11.5 Å². The molecule has 0 aliphatic heterocycles. The molecule has 3 nitrogen and oxygen atoms in total. The van der Waals surface area contributed by atoms with Gasteiger partial charge in [-0.15, -0.1) is 0 Å². The summed E-state index contributed by atoms with van der Waals surface area (Å²) in [7, 11) is 0. The van der Waals surface area contributed by atoms with Gasteiger partial charge in [0, 0.05) is 0 Å². The number of hydrogen-bond donors (Lipinski definition) is 1. The van der Waals surface area contributed by atoms with Crippen molar-refractivity contribution in [2.24, 2.45) is 0 Å². The molecule has 0 heterocycles. The summed E-state index contributed by atoms with van der Waals surface area (Å²) in [6, 6.07) is 15.6. The third-order valence-electron chi connectivity index (χ3n) is 3.91. The Morgan fingerprint density at radius 3 is 1.17 bits per heavy atom.